The van der Waals surface area contributed by atoms with Crippen LogP contribution in [0.25, 0.3) is 0 Å². The number of hydrogen-bond donors (Lipinski definition) is 7. The standard InChI is InChI=1S/C13H23NO.C12H19NO.2C12H21NO.C11H17NO.C11H19NO.C10H17NO.3C9H15NO.C8H12ClNO.C8H13NO/c1-10(15)14(5)9-12-6-13(7-12,8-12)11(2,3)4;1-9(14)13(2)8-11-5-12(6-11,7-11)10-3-4-10;1-9(14)13-8-11-5-12(6-11,7-11)10(2,3)4;1-9(2)12-5-11(6-12,7-12)8-13(4)10(3)14;1-8(13)12-7-10-4-11(5-10,6-10)9-2-3-9;1-8(2)11-4-10(5-11,6-11)7-12-9(3)13;1-8(12)11(3)7-10-4-9(2,5-10)6-10;1-7(11)10(2)6-9-3-8(4-9)5-9;2*1-7(11)10-6-9-3-8(2,4-9)5-9;1-6(11)10-5-7-2-8(9,3-7)4-7;1-6(10)9-5-8-2-7(3-8)4-8/h6-9H2,1-5H3;10H,3-8H2,1-2H3;5-8H2,1-4H3,(H,13,14);9H,5-8H2,1-4H3;9H,2-7H2,1H3,(H,12,13);8H,4-7H2,1-3H3,(H,12,13);4-7H2,1-3H3;8H,3-6H2,1-2H3;2*3-6H2,1-2H3,(H,10,11);2-5H2,1H3,(H,10,11);7H,2-5H2,1H3,(H,9,10). The number of halogens is 1. The lowest BCUT2D eigenvalue weighted by Crippen LogP contribution is -2.69. The van der Waals surface area contributed by atoms with Gasteiger partial charge in [0, 0.05) is 202 Å². The van der Waals surface area contributed by atoms with Gasteiger partial charge in [-0.25, -0.2) is 0 Å². The van der Waals surface area contributed by atoms with E-state index in [2.05, 4.69) is 127 Å². The Morgan fingerprint density at radius 2 is 0.430 bits per heavy atom. The van der Waals surface area contributed by atoms with E-state index in [9.17, 15) is 57.5 Å². The molecule has 0 saturated heterocycles. The lowest BCUT2D eigenvalue weighted by Gasteiger charge is -2.76. The minimum atomic E-state index is 0.0679. The molecule has 149 heavy (non-hydrogen) atoms. The summed E-state index contributed by atoms with van der Waals surface area (Å²) in [5.41, 5.74) is 13.2. The predicted octanol–water partition coefficient (Wildman–Crippen LogP) is 20.8. The number of hydrogen-bond acceptors (Lipinski definition) is 12. The Bertz CT molecular complexity index is 4660. The zero-order valence-corrected chi connectivity index (χ0v) is 100. The summed E-state index contributed by atoms with van der Waals surface area (Å²) in [6.45, 7) is 61.1. The predicted molar refractivity (Wildman–Crippen MR) is 591 cm³/mol. The van der Waals surface area contributed by atoms with Crippen molar-refractivity contribution in [3.63, 3.8) is 0 Å². The number of carbonyl (C=O) groups is 12. The minimum Gasteiger partial charge on any atom is -0.356 e. The molecular weight excluding hydrogens is 1880 g/mol. The second-order valence-electron chi connectivity index (χ2n) is 63.5. The van der Waals surface area contributed by atoms with Crippen molar-refractivity contribution in [2.75, 3.05) is 114 Å². The number of nitrogens with zero attached hydrogens (tertiary/aromatic N) is 5. The van der Waals surface area contributed by atoms with E-state index >= 15 is 0 Å². The number of amides is 12. The maximum absolute atomic E-state index is 11.2. The van der Waals surface area contributed by atoms with Crippen LogP contribution in [-0.2, 0) is 57.5 Å². The Hall–Kier alpha value is -6.07. The van der Waals surface area contributed by atoms with Gasteiger partial charge in [0.15, 0.2) is 0 Å². The molecule has 12 amide bonds. The largest absolute Gasteiger partial charge is 0.356 e. The lowest BCUT2D eigenvalue weighted by atomic mass is 9.29. The van der Waals surface area contributed by atoms with E-state index in [1.165, 1.54) is 238 Å². The van der Waals surface area contributed by atoms with Crippen LogP contribution in [0, 0.1) is 160 Å². The summed E-state index contributed by atoms with van der Waals surface area (Å²) >= 11 is 6.06. The van der Waals surface area contributed by atoms with Gasteiger partial charge in [-0.2, -0.15) is 0 Å². The first-order chi connectivity index (χ1) is 68.4. The molecule has 24 nitrogen and oxygen atoms in total. The summed E-state index contributed by atoms with van der Waals surface area (Å²) in [7, 11) is 9.59. The van der Waals surface area contributed by atoms with Crippen LogP contribution in [-0.4, -0.2) is 214 Å². The molecule has 38 saturated carbocycles. The minimum absolute atomic E-state index is 0.0679. The smallest absolute Gasteiger partial charge is 0.219 e. The van der Waals surface area contributed by atoms with Crippen LogP contribution in [0.5, 0.6) is 0 Å². The van der Waals surface area contributed by atoms with Gasteiger partial charge in [-0.15, -0.1) is 11.6 Å². The number of rotatable bonds is 28. The molecule has 38 aliphatic rings. The molecule has 0 aromatic heterocycles. The molecule has 38 fully saturated rings. The summed E-state index contributed by atoms with van der Waals surface area (Å²) in [4.78, 5) is 140. The molecule has 25 heteroatoms. The zero-order valence-electron chi connectivity index (χ0n) is 99.2. The molecule has 0 unspecified atom stereocenters. The average Bonchev–Trinajstić information content (AvgIpc) is 1.64. The first-order valence-corrected chi connectivity index (χ1v) is 59.3. The topological polar surface area (TPSA) is 305 Å². The third-order valence-corrected chi connectivity index (χ3v) is 46.1. The van der Waals surface area contributed by atoms with Crippen molar-refractivity contribution in [3.05, 3.63) is 0 Å². The number of carbonyl (C=O) groups excluding carboxylic acids is 12. The van der Waals surface area contributed by atoms with Crippen LogP contribution in [0.4, 0.5) is 0 Å². The van der Waals surface area contributed by atoms with Gasteiger partial charge in [0.25, 0.3) is 0 Å². The molecule has 0 aliphatic heterocycles. The molecular formula is C124H207ClN12O12. The Morgan fingerprint density at radius 3 is 0.631 bits per heavy atom. The fourth-order valence-corrected chi connectivity index (χ4v) is 38.6. The Labute approximate surface area is 904 Å². The second kappa shape index (κ2) is 39.9. The van der Waals surface area contributed by atoms with Crippen LogP contribution in [0.2, 0.25) is 0 Å². The monoisotopic (exact) mass is 2090 g/mol. The highest BCUT2D eigenvalue weighted by atomic mass is 35.5. The SMILES string of the molecule is CC(=O)N(C)CC12CC(C(C)(C)C)(C1)C2.CC(=O)N(C)CC12CC(C(C)C)(C1)C2.CC(=O)N(C)CC12CC(C)(C1)C2.CC(=O)N(C)CC12CC(C1)C2.CC(=O)N(C)CC12CC(C3CC3)(C1)C2.CC(=O)NCC12CC(C(C)(C)C)(C1)C2.CC(=O)NCC12CC(C(C)C)(C1)C2.CC(=O)NCC12CC(C)(C1)C2.CC(=O)NCC12CC(C)(C1)C2.CC(=O)NCC12CC(C1)C2.CC(=O)NCC12CC(C3CC3)(C1)C2.CC(=O)NCC12CC(Cl)(C1)C2. The third kappa shape index (κ3) is 24.2. The van der Waals surface area contributed by atoms with Crippen LogP contribution in [0.1, 0.15) is 430 Å². The Kier molecular flexibility index (Phi) is 31.3. The van der Waals surface area contributed by atoms with Crippen molar-refractivity contribution in [3.8, 4) is 0 Å². The van der Waals surface area contributed by atoms with E-state index in [0.29, 0.717) is 114 Å². The molecule has 0 radical (unpaired) electrons. The fourth-order valence-electron chi connectivity index (χ4n) is 37.7. The molecule has 7 N–H and O–H groups in total. The van der Waals surface area contributed by atoms with Crippen LogP contribution in [0.3, 0.4) is 0 Å². The van der Waals surface area contributed by atoms with Crippen LogP contribution >= 0.6 is 11.6 Å². The number of alkyl halides is 1. The molecule has 0 aromatic carbocycles. The van der Waals surface area contributed by atoms with E-state index < -0.39 is 0 Å². The van der Waals surface area contributed by atoms with Crippen molar-refractivity contribution >= 4 is 82.5 Å². The van der Waals surface area contributed by atoms with Gasteiger partial charge < -0.3 is 61.7 Å². The van der Waals surface area contributed by atoms with Gasteiger partial charge in [-0.05, 0) is 417 Å². The van der Waals surface area contributed by atoms with Gasteiger partial charge in [-0.1, -0.05) is 90.0 Å². The summed E-state index contributed by atoms with van der Waals surface area (Å²) in [5, 5.41) is 20.4. The summed E-state index contributed by atoms with van der Waals surface area (Å²) < 4.78 is 0. The summed E-state index contributed by atoms with van der Waals surface area (Å²) in [6.07, 6.45) is 54.1. The lowest BCUT2D eigenvalue weighted by molar-refractivity contribution is -0.263. The molecule has 842 valence electrons. The van der Waals surface area contributed by atoms with E-state index in [0.717, 1.165) is 144 Å². The molecule has 0 heterocycles. The quantitative estimate of drug-likeness (QED) is 0.0360. The van der Waals surface area contributed by atoms with Crippen molar-refractivity contribution < 1.29 is 57.5 Å². The van der Waals surface area contributed by atoms with Crippen LogP contribution in [0.15, 0.2) is 0 Å². The van der Waals surface area contributed by atoms with Crippen molar-refractivity contribution in [2.24, 2.45) is 160 Å². The summed E-state index contributed by atoms with van der Waals surface area (Å²) in [5.74, 6) is 7.63. The van der Waals surface area contributed by atoms with Gasteiger partial charge >= 0.3 is 0 Å². The van der Waals surface area contributed by atoms with Gasteiger partial charge in [-0.3, -0.25) is 57.5 Å². The van der Waals surface area contributed by atoms with Gasteiger partial charge in [0.1, 0.15) is 0 Å². The fraction of sp³-hybridized carbons (Fsp3) is 0.903. The van der Waals surface area contributed by atoms with Gasteiger partial charge in [0.2, 0.25) is 70.9 Å². The highest BCUT2D eigenvalue weighted by molar-refractivity contribution is 6.26. The highest BCUT2D eigenvalue weighted by Gasteiger charge is 2.77. The van der Waals surface area contributed by atoms with E-state index in [-0.39, 0.29) is 75.8 Å². The summed E-state index contributed by atoms with van der Waals surface area (Å²) in [6, 6.07) is 0. The second-order valence-corrected chi connectivity index (χ2v) is 64.3. The number of nitrogens with one attached hydrogen (secondary N) is 7. The maximum atomic E-state index is 11.2. The third-order valence-electron chi connectivity index (χ3n) is 45.7. The molecule has 24 bridgehead atoms. The Balaban J connectivity index is 0.000000122. The first kappa shape index (κ1) is 117. The molecule has 38 aliphatic carbocycles. The highest BCUT2D eigenvalue weighted by Crippen LogP contribution is 2.85. The van der Waals surface area contributed by atoms with Crippen molar-refractivity contribution in [1.82, 2.24) is 61.7 Å². The molecule has 0 spiro atoms. The average molecular weight is 2090 g/mol. The van der Waals surface area contributed by atoms with Gasteiger partial charge in [0.05, 0.1) is 0 Å². The van der Waals surface area contributed by atoms with Crippen LogP contribution < -0.4 is 37.2 Å². The van der Waals surface area contributed by atoms with E-state index in [4.69, 9.17) is 11.6 Å². The Morgan fingerprint density at radius 1 is 0.255 bits per heavy atom. The van der Waals surface area contributed by atoms with E-state index in [1.54, 1.807) is 83.1 Å². The van der Waals surface area contributed by atoms with E-state index in [1.807, 2.05) is 59.7 Å². The van der Waals surface area contributed by atoms with Crippen molar-refractivity contribution in [2.45, 2.75) is 435 Å². The normalized spacial score (nSPS) is 42.2. The first-order valence-electron chi connectivity index (χ1n) is 58.9. The van der Waals surface area contributed by atoms with Crippen molar-refractivity contribution in [1.29, 1.82) is 0 Å². The molecule has 0 aromatic rings. The zero-order chi connectivity index (χ0) is 110. The maximum Gasteiger partial charge on any atom is 0.219 e. The molecule has 38 rings (SSSR count). The molecule has 0 atom stereocenters.